The first kappa shape index (κ1) is 20.7. The van der Waals surface area contributed by atoms with Crippen molar-refractivity contribution < 1.29 is 13.2 Å². The van der Waals surface area contributed by atoms with Gasteiger partial charge in [-0.1, -0.05) is 24.6 Å². The molecule has 6 heteroatoms. The first-order valence-corrected chi connectivity index (χ1v) is 12.0. The predicted octanol–water partition coefficient (Wildman–Crippen LogP) is 5.01. The van der Waals surface area contributed by atoms with Gasteiger partial charge in [0.15, 0.2) is 0 Å². The molecule has 0 atom stereocenters. The Morgan fingerprint density at radius 2 is 1.80 bits per heavy atom. The number of fused-ring (bicyclic) bond motifs is 1. The van der Waals surface area contributed by atoms with Crippen molar-refractivity contribution >= 4 is 26.4 Å². The highest BCUT2D eigenvalue weighted by atomic mass is 32.2. The highest BCUT2D eigenvalue weighted by molar-refractivity contribution is 7.91. The van der Waals surface area contributed by atoms with E-state index in [2.05, 4.69) is 16.8 Å². The molecule has 0 spiro atoms. The van der Waals surface area contributed by atoms with Crippen LogP contribution in [-0.4, -0.2) is 33.1 Å². The summed E-state index contributed by atoms with van der Waals surface area (Å²) in [6, 6.07) is 12.7. The second-order valence-electron chi connectivity index (χ2n) is 8.07. The van der Waals surface area contributed by atoms with Crippen LogP contribution in [0.2, 0.25) is 0 Å². The van der Waals surface area contributed by atoms with Crippen LogP contribution in [0.1, 0.15) is 32.3 Å². The van der Waals surface area contributed by atoms with Crippen molar-refractivity contribution in [3.05, 3.63) is 54.2 Å². The number of aromatic nitrogens is 1. The molecule has 2 aromatic carbocycles. The maximum atomic E-state index is 13.6. The molecule has 5 nitrogen and oxygen atoms in total. The molecular weight excluding hydrogens is 396 g/mol. The quantitative estimate of drug-likeness (QED) is 0.576. The van der Waals surface area contributed by atoms with E-state index in [9.17, 15) is 8.42 Å². The summed E-state index contributed by atoms with van der Waals surface area (Å²) in [4.78, 5) is 7.27. The number of piperidine rings is 1. The number of benzene rings is 2. The van der Waals surface area contributed by atoms with Crippen molar-refractivity contribution in [1.29, 1.82) is 0 Å². The van der Waals surface area contributed by atoms with E-state index in [4.69, 9.17) is 4.74 Å². The Kier molecular flexibility index (Phi) is 5.69. The summed E-state index contributed by atoms with van der Waals surface area (Å²) < 4.78 is 33.0. The maximum absolute atomic E-state index is 13.6. The zero-order valence-corrected chi connectivity index (χ0v) is 18.6. The first-order chi connectivity index (χ1) is 14.4. The standard InChI is InChI=1S/C24H28N2O3S/c1-4-29-19-7-10-22-21(15-19)24(26-13-11-18(3)12-14-26)23(16-25-22)30(27,28)20-8-5-17(2)6-9-20/h5-10,15-16,18H,4,11-14H2,1-3H3. The Labute approximate surface area is 178 Å². The van der Waals surface area contributed by atoms with Crippen molar-refractivity contribution in [3.63, 3.8) is 0 Å². The molecule has 1 aliphatic heterocycles. The number of hydrogen-bond donors (Lipinski definition) is 0. The third-order valence-corrected chi connectivity index (χ3v) is 7.58. The molecule has 1 aliphatic rings. The Balaban J connectivity index is 1.94. The van der Waals surface area contributed by atoms with Gasteiger partial charge >= 0.3 is 0 Å². The summed E-state index contributed by atoms with van der Waals surface area (Å²) in [5.41, 5.74) is 2.54. The third kappa shape index (κ3) is 3.88. The van der Waals surface area contributed by atoms with Crippen LogP contribution in [-0.2, 0) is 9.84 Å². The topological polar surface area (TPSA) is 59.5 Å². The lowest BCUT2D eigenvalue weighted by molar-refractivity contribution is 0.340. The fourth-order valence-corrected chi connectivity index (χ4v) is 5.43. The molecule has 4 rings (SSSR count). The first-order valence-electron chi connectivity index (χ1n) is 10.5. The van der Waals surface area contributed by atoms with Gasteiger partial charge in [-0.2, -0.15) is 0 Å². The van der Waals surface area contributed by atoms with Crippen molar-refractivity contribution in [2.75, 3.05) is 24.6 Å². The third-order valence-electron chi connectivity index (χ3n) is 5.81. The van der Waals surface area contributed by atoms with Crippen molar-refractivity contribution in [3.8, 4) is 5.75 Å². The molecule has 3 aromatic rings. The molecule has 0 unspecified atom stereocenters. The van der Waals surface area contributed by atoms with Gasteiger partial charge in [0, 0.05) is 24.7 Å². The van der Waals surface area contributed by atoms with E-state index in [0.29, 0.717) is 17.4 Å². The smallest absolute Gasteiger partial charge is 0.210 e. The molecule has 0 N–H and O–H groups in total. The van der Waals surface area contributed by atoms with E-state index >= 15 is 0 Å². The number of aryl methyl sites for hydroxylation is 1. The van der Waals surface area contributed by atoms with Gasteiger partial charge < -0.3 is 9.64 Å². The summed E-state index contributed by atoms with van der Waals surface area (Å²) in [6.45, 7) is 8.35. The Morgan fingerprint density at radius 3 is 2.47 bits per heavy atom. The van der Waals surface area contributed by atoms with Crippen LogP contribution in [0.5, 0.6) is 5.75 Å². The predicted molar refractivity (Wildman–Crippen MR) is 120 cm³/mol. The molecule has 0 aliphatic carbocycles. The van der Waals surface area contributed by atoms with Crippen molar-refractivity contribution in [2.45, 2.75) is 43.4 Å². The lowest BCUT2D eigenvalue weighted by atomic mass is 9.98. The summed E-state index contributed by atoms with van der Waals surface area (Å²) in [7, 11) is -3.71. The van der Waals surface area contributed by atoms with Crippen LogP contribution in [0, 0.1) is 12.8 Å². The average Bonchev–Trinajstić information content (AvgIpc) is 2.74. The summed E-state index contributed by atoms with van der Waals surface area (Å²) >= 11 is 0. The zero-order valence-electron chi connectivity index (χ0n) is 17.8. The molecule has 158 valence electrons. The number of nitrogens with zero attached hydrogens (tertiary/aromatic N) is 2. The maximum Gasteiger partial charge on any atom is 0.210 e. The Morgan fingerprint density at radius 1 is 1.10 bits per heavy atom. The molecule has 0 amide bonds. The molecule has 1 saturated heterocycles. The highest BCUT2D eigenvalue weighted by Gasteiger charge is 2.28. The summed E-state index contributed by atoms with van der Waals surface area (Å²) in [6.07, 6.45) is 3.60. The van der Waals surface area contributed by atoms with E-state index < -0.39 is 9.84 Å². The van der Waals surface area contributed by atoms with Gasteiger partial charge in [-0.25, -0.2) is 8.42 Å². The van der Waals surface area contributed by atoms with Crippen LogP contribution >= 0.6 is 0 Å². The summed E-state index contributed by atoms with van der Waals surface area (Å²) in [5.74, 6) is 1.37. The van der Waals surface area contributed by atoms with E-state index in [1.165, 1.54) is 6.20 Å². The minimum atomic E-state index is -3.71. The number of anilines is 1. The number of pyridine rings is 1. The van der Waals surface area contributed by atoms with Crippen molar-refractivity contribution in [1.82, 2.24) is 4.98 Å². The molecule has 1 aromatic heterocycles. The normalized spacial score (nSPS) is 15.5. The van der Waals surface area contributed by atoms with Gasteiger partial charge in [0.25, 0.3) is 0 Å². The van der Waals surface area contributed by atoms with Gasteiger partial charge in [-0.05, 0) is 62.9 Å². The Hall–Kier alpha value is -2.60. The van der Waals surface area contributed by atoms with Crippen LogP contribution in [0.25, 0.3) is 10.9 Å². The van der Waals surface area contributed by atoms with Gasteiger partial charge in [0.05, 0.1) is 22.7 Å². The second-order valence-corrected chi connectivity index (χ2v) is 9.99. The molecule has 2 heterocycles. The SMILES string of the molecule is CCOc1ccc2ncc(S(=O)(=O)c3ccc(C)cc3)c(N3CCC(C)CC3)c2c1. The molecule has 1 fully saturated rings. The fourth-order valence-electron chi connectivity index (χ4n) is 4.00. The molecule has 30 heavy (non-hydrogen) atoms. The number of rotatable bonds is 5. The van der Waals surface area contributed by atoms with Gasteiger partial charge in [0.1, 0.15) is 10.6 Å². The van der Waals surface area contributed by atoms with Crippen LogP contribution < -0.4 is 9.64 Å². The zero-order chi connectivity index (χ0) is 21.3. The summed E-state index contributed by atoms with van der Waals surface area (Å²) in [5, 5.41) is 0.823. The molecule has 0 bridgehead atoms. The molecular formula is C24H28N2O3S. The van der Waals surface area contributed by atoms with E-state index in [0.717, 1.165) is 53.8 Å². The van der Waals surface area contributed by atoms with Crippen molar-refractivity contribution in [2.24, 2.45) is 5.92 Å². The monoisotopic (exact) mass is 424 g/mol. The average molecular weight is 425 g/mol. The molecule has 0 saturated carbocycles. The van der Waals surface area contributed by atoms with E-state index in [1.807, 2.05) is 44.2 Å². The fraction of sp³-hybridized carbons (Fsp3) is 0.375. The molecule has 0 radical (unpaired) electrons. The van der Waals surface area contributed by atoms with Crippen LogP contribution in [0.3, 0.4) is 0 Å². The van der Waals surface area contributed by atoms with Gasteiger partial charge in [-0.3, -0.25) is 4.98 Å². The van der Waals surface area contributed by atoms with E-state index in [1.54, 1.807) is 12.1 Å². The Bertz CT molecular complexity index is 1150. The van der Waals surface area contributed by atoms with Crippen LogP contribution in [0.15, 0.2) is 58.5 Å². The lowest BCUT2D eigenvalue weighted by Crippen LogP contribution is -2.34. The minimum Gasteiger partial charge on any atom is -0.494 e. The largest absolute Gasteiger partial charge is 0.494 e. The lowest BCUT2D eigenvalue weighted by Gasteiger charge is -2.34. The number of hydrogen-bond acceptors (Lipinski definition) is 5. The minimum absolute atomic E-state index is 0.266. The van der Waals surface area contributed by atoms with Crippen LogP contribution in [0.4, 0.5) is 5.69 Å². The number of ether oxygens (including phenoxy) is 1. The number of sulfone groups is 1. The van der Waals surface area contributed by atoms with E-state index in [-0.39, 0.29) is 4.90 Å². The van der Waals surface area contributed by atoms with Gasteiger partial charge in [-0.15, -0.1) is 0 Å². The second kappa shape index (κ2) is 8.26. The highest BCUT2D eigenvalue weighted by Crippen LogP contribution is 2.38. The van der Waals surface area contributed by atoms with Gasteiger partial charge in [0.2, 0.25) is 9.84 Å².